The lowest BCUT2D eigenvalue weighted by Crippen LogP contribution is -2.42. The van der Waals surface area contributed by atoms with Crippen molar-refractivity contribution in [2.24, 2.45) is 0 Å². The zero-order valence-electron chi connectivity index (χ0n) is 12.7. The SMILES string of the molecule is O=c1[nH]ccc2cc(CN3CCNCC3)c3ccc(Br)cc3c12. The molecule has 0 bridgehead atoms. The maximum Gasteiger partial charge on any atom is 0.256 e. The molecule has 0 unspecified atom stereocenters. The highest BCUT2D eigenvalue weighted by molar-refractivity contribution is 9.10. The highest BCUT2D eigenvalue weighted by Crippen LogP contribution is 2.30. The number of H-pyrrole nitrogens is 1. The first-order chi connectivity index (χ1) is 11.2. The largest absolute Gasteiger partial charge is 0.329 e. The number of nitrogens with zero attached hydrogens (tertiary/aromatic N) is 1. The third-order valence-electron chi connectivity index (χ3n) is 4.52. The Morgan fingerprint density at radius 2 is 1.91 bits per heavy atom. The standard InChI is InChI=1S/C18H18BrN3O/c19-14-1-2-15-13(11-22-7-5-20-6-8-22)9-12-3-4-21-18(23)17(12)16(15)10-14/h1-4,9-10,20H,5-8,11H2,(H,21,23). The van der Waals surface area contributed by atoms with E-state index in [0.29, 0.717) is 0 Å². The van der Waals surface area contributed by atoms with E-state index in [0.717, 1.165) is 58.7 Å². The fourth-order valence-electron chi connectivity index (χ4n) is 3.40. The lowest BCUT2D eigenvalue weighted by atomic mass is 9.98. The van der Waals surface area contributed by atoms with E-state index in [1.54, 1.807) is 6.20 Å². The van der Waals surface area contributed by atoms with Crippen molar-refractivity contribution in [1.29, 1.82) is 0 Å². The van der Waals surface area contributed by atoms with E-state index in [2.05, 4.69) is 43.3 Å². The maximum absolute atomic E-state index is 12.3. The zero-order valence-corrected chi connectivity index (χ0v) is 14.3. The fraction of sp³-hybridized carbons (Fsp3) is 0.278. The minimum Gasteiger partial charge on any atom is -0.329 e. The van der Waals surface area contributed by atoms with Crippen molar-refractivity contribution in [3.8, 4) is 0 Å². The number of rotatable bonds is 2. The minimum atomic E-state index is -0.0284. The van der Waals surface area contributed by atoms with Crippen LogP contribution in [0.1, 0.15) is 5.56 Å². The summed E-state index contributed by atoms with van der Waals surface area (Å²) in [6, 6.07) is 10.4. The third kappa shape index (κ3) is 2.80. The number of nitrogens with one attached hydrogen (secondary N) is 2. The number of aromatic amines is 1. The molecule has 1 aliphatic rings. The summed E-state index contributed by atoms with van der Waals surface area (Å²) in [6.45, 7) is 5.12. The predicted octanol–water partition coefficient (Wildman–Crippen LogP) is 2.85. The molecule has 0 amide bonds. The van der Waals surface area contributed by atoms with Crippen molar-refractivity contribution in [1.82, 2.24) is 15.2 Å². The first-order valence-electron chi connectivity index (χ1n) is 7.88. The Bertz CT molecular complexity index is 929. The first kappa shape index (κ1) is 14.9. The second kappa shape index (κ2) is 6.07. The Kier molecular flexibility index (Phi) is 3.93. The third-order valence-corrected chi connectivity index (χ3v) is 5.02. The van der Waals surface area contributed by atoms with Gasteiger partial charge in [-0.05, 0) is 46.0 Å². The van der Waals surface area contributed by atoms with Crippen LogP contribution in [0.15, 0.2) is 45.8 Å². The van der Waals surface area contributed by atoms with E-state index >= 15 is 0 Å². The second-order valence-electron chi connectivity index (χ2n) is 6.02. The summed E-state index contributed by atoms with van der Waals surface area (Å²) in [6.07, 6.45) is 1.73. The number of halogens is 1. The van der Waals surface area contributed by atoms with Gasteiger partial charge in [0.2, 0.25) is 0 Å². The van der Waals surface area contributed by atoms with Crippen molar-refractivity contribution in [3.63, 3.8) is 0 Å². The molecule has 0 radical (unpaired) electrons. The summed E-state index contributed by atoms with van der Waals surface area (Å²) in [5.74, 6) is 0. The van der Waals surface area contributed by atoms with E-state index in [1.165, 1.54) is 5.56 Å². The zero-order chi connectivity index (χ0) is 15.8. The average molecular weight is 372 g/mol. The van der Waals surface area contributed by atoms with Crippen LogP contribution in [-0.4, -0.2) is 36.1 Å². The minimum absolute atomic E-state index is 0.0284. The van der Waals surface area contributed by atoms with Crippen LogP contribution in [0.3, 0.4) is 0 Å². The van der Waals surface area contributed by atoms with E-state index < -0.39 is 0 Å². The predicted molar refractivity (Wildman–Crippen MR) is 97.9 cm³/mol. The molecule has 0 atom stereocenters. The second-order valence-corrected chi connectivity index (χ2v) is 6.94. The number of hydrogen-bond acceptors (Lipinski definition) is 3. The Labute approximate surface area is 142 Å². The number of hydrogen-bond donors (Lipinski definition) is 2. The molecule has 23 heavy (non-hydrogen) atoms. The quantitative estimate of drug-likeness (QED) is 0.681. The topological polar surface area (TPSA) is 48.1 Å². The van der Waals surface area contributed by atoms with Gasteiger partial charge in [0.15, 0.2) is 0 Å². The highest BCUT2D eigenvalue weighted by atomic mass is 79.9. The van der Waals surface area contributed by atoms with Crippen LogP contribution in [0.5, 0.6) is 0 Å². The highest BCUT2D eigenvalue weighted by Gasteiger charge is 2.14. The van der Waals surface area contributed by atoms with Crippen molar-refractivity contribution in [2.45, 2.75) is 6.54 Å². The van der Waals surface area contributed by atoms with Crippen LogP contribution in [0.2, 0.25) is 0 Å². The van der Waals surface area contributed by atoms with Crippen LogP contribution in [0, 0.1) is 0 Å². The van der Waals surface area contributed by atoms with Crippen molar-refractivity contribution in [3.05, 3.63) is 56.9 Å². The van der Waals surface area contributed by atoms with E-state index in [1.807, 2.05) is 18.2 Å². The molecule has 1 aromatic heterocycles. The van der Waals surface area contributed by atoms with Gasteiger partial charge < -0.3 is 10.3 Å². The number of benzene rings is 2. The molecule has 1 fully saturated rings. The summed E-state index contributed by atoms with van der Waals surface area (Å²) < 4.78 is 0.994. The lowest BCUT2D eigenvalue weighted by Gasteiger charge is -2.27. The Hall–Kier alpha value is -1.69. The first-order valence-corrected chi connectivity index (χ1v) is 8.67. The molecule has 0 aliphatic carbocycles. The van der Waals surface area contributed by atoms with Crippen LogP contribution in [0.4, 0.5) is 0 Å². The van der Waals surface area contributed by atoms with Gasteiger partial charge in [-0.25, -0.2) is 0 Å². The Morgan fingerprint density at radius 1 is 1.09 bits per heavy atom. The molecule has 4 rings (SSSR count). The molecule has 4 nitrogen and oxygen atoms in total. The monoisotopic (exact) mass is 371 g/mol. The maximum atomic E-state index is 12.3. The molecular weight excluding hydrogens is 354 g/mol. The molecule has 1 saturated heterocycles. The van der Waals surface area contributed by atoms with Crippen molar-refractivity contribution >= 4 is 37.5 Å². The number of fused-ring (bicyclic) bond motifs is 3. The number of piperazine rings is 1. The van der Waals surface area contributed by atoms with E-state index in [-0.39, 0.29) is 5.56 Å². The molecule has 1 aliphatic heterocycles. The molecule has 2 aromatic carbocycles. The fourth-order valence-corrected chi connectivity index (χ4v) is 3.76. The molecule has 0 saturated carbocycles. The molecule has 3 aromatic rings. The molecule has 2 heterocycles. The summed E-state index contributed by atoms with van der Waals surface area (Å²) in [5, 5.41) is 7.34. The summed E-state index contributed by atoms with van der Waals surface area (Å²) in [5.41, 5.74) is 1.26. The van der Waals surface area contributed by atoms with Crippen LogP contribution in [0.25, 0.3) is 21.5 Å². The van der Waals surface area contributed by atoms with E-state index in [9.17, 15) is 4.79 Å². The Balaban J connectivity index is 1.93. The van der Waals surface area contributed by atoms with Gasteiger partial charge in [-0.15, -0.1) is 0 Å². The normalized spacial score (nSPS) is 16.2. The van der Waals surface area contributed by atoms with Gasteiger partial charge in [-0.2, -0.15) is 0 Å². The number of pyridine rings is 1. The van der Waals surface area contributed by atoms with Gasteiger partial charge >= 0.3 is 0 Å². The van der Waals surface area contributed by atoms with Gasteiger partial charge in [-0.1, -0.05) is 22.0 Å². The van der Waals surface area contributed by atoms with E-state index in [4.69, 9.17) is 0 Å². The molecule has 0 spiro atoms. The summed E-state index contributed by atoms with van der Waals surface area (Å²) in [4.78, 5) is 17.6. The number of aromatic nitrogens is 1. The van der Waals surface area contributed by atoms with Crippen LogP contribution in [-0.2, 0) is 6.54 Å². The summed E-state index contributed by atoms with van der Waals surface area (Å²) in [7, 11) is 0. The van der Waals surface area contributed by atoms with Gasteiger partial charge in [-0.3, -0.25) is 9.69 Å². The molecular formula is C18H18BrN3O. The molecule has 118 valence electrons. The van der Waals surface area contributed by atoms with Crippen molar-refractivity contribution in [2.75, 3.05) is 26.2 Å². The average Bonchev–Trinajstić information content (AvgIpc) is 2.55. The Morgan fingerprint density at radius 3 is 2.74 bits per heavy atom. The smallest absolute Gasteiger partial charge is 0.256 e. The summed E-state index contributed by atoms with van der Waals surface area (Å²) >= 11 is 3.53. The van der Waals surface area contributed by atoms with Crippen LogP contribution < -0.4 is 10.9 Å². The molecule has 5 heteroatoms. The molecule has 2 N–H and O–H groups in total. The van der Waals surface area contributed by atoms with Gasteiger partial charge in [0.1, 0.15) is 0 Å². The van der Waals surface area contributed by atoms with Gasteiger partial charge in [0.25, 0.3) is 5.56 Å². The van der Waals surface area contributed by atoms with Gasteiger partial charge in [0.05, 0.1) is 5.39 Å². The van der Waals surface area contributed by atoms with Crippen LogP contribution >= 0.6 is 15.9 Å². The van der Waals surface area contributed by atoms with Crippen molar-refractivity contribution < 1.29 is 0 Å². The lowest BCUT2D eigenvalue weighted by molar-refractivity contribution is 0.234. The van der Waals surface area contributed by atoms with Gasteiger partial charge in [0, 0.05) is 43.4 Å².